The van der Waals surface area contributed by atoms with E-state index in [1.165, 1.54) is 19.3 Å². The average Bonchev–Trinajstić information content (AvgIpc) is 3.05. The number of carbonyl (C=O) groups is 2. The van der Waals surface area contributed by atoms with E-state index >= 15 is 0 Å². The molecular weight excluding hydrogens is 354 g/mol. The number of carbonyl (C=O) groups excluding carboxylic acids is 2. The van der Waals surface area contributed by atoms with Crippen molar-refractivity contribution in [2.45, 2.75) is 59.0 Å². The van der Waals surface area contributed by atoms with E-state index in [0.29, 0.717) is 18.0 Å². The molecule has 0 saturated heterocycles. The molecule has 1 aliphatic rings. The van der Waals surface area contributed by atoms with Crippen LogP contribution in [-0.4, -0.2) is 34.3 Å². The maximum Gasteiger partial charge on any atom is 0.338 e. The molecule has 28 heavy (non-hydrogen) atoms. The molecule has 1 amide bonds. The monoisotopic (exact) mass is 383 g/mol. The van der Waals surface area contributed by atoms with E-state index in [4.69, 9.17) is 4.74 Å². The first-order valence-electron chi connectivity index (χ1n) is 10.1. The largest absolute Gasteiger partial charge is 0.449 e. The standard InChI is InChI=1S/C22H29N3O3/c1-15-13-16(2)25(24-15)20-11-9-19(10-12-20)22(27)28-17(3)21(26)23-14-18-7-5-4-6-8-18/h9-13,17-18H,4-8,14H2,1-3H3,(H,23,26)/t17-/m0/s1. The Morgan fingerprint density at radius 1 is 1.18 bits per heavy atom. The van der Waals surface area contributed by atoms with Crippen molar-refractivity contribution in [3.8, 4) is 5.69 Å². The molecule has 0 aliphatic heterocycles. The predicted molar refractivity (Wildman–Crippen MR) is 108 cm³/mol. The molecule has 1 atom stereocenters. The van der Waals surface area contributed by atoms with Crippen LogP contribution in [-0.2, 0) is 9.53 Å². The van der Waals surface area contributed by atoms with Crippen molar-refractivity contribution < 1.29 is 14.3 Å². The van der Waals surface area contributed by atoms with Gasteiger partial charge in [-0.05, 0) is 69.9 Å². The average molecular weight is 383 g/mol. The van der Waals surface area contributed by atoms with Crippen LogP contribution >= 0.6 is 0 Å². The van der Waals surface area contributed by atoms with Gasteiger partial charge in [-0.2, -0.15) is 5.10 Å². The summed E-state index contributed by atoms with van der Waals surface area (Å²) in [5.74, 6) is -0.194. The highest BCUT2D eigenvalue weighted by atomic mass is 16.5. The summed E-state index contributed by atoms with van der Waals surface area (Å²) in [7, 11) is 0. The number of benzene rings is 1. The minimum atomic E-state index is -0.813. The number of nitrogens with zero attached hydrogens (tertiary/aromatic N) is 2. The van der Waals surface area contributed by atoms with Crippen molar-refractivity contribution in [2.24, 2.45) is 5.92 Å². The van der Waals surface area contributed by atoms with E-state index in [1.807, 2.05) is 36.7 Å². The van der Waals surface area contributed by atoms with Crippen molar-refractivity contribution in [1.82, 2.24) is 15.1 Å². The van der Waals surface area contributed by atoms with Gasteiger partial charge >= 0.3 is 5.97 Å². The lowest BCUT2D eigenvalue weighted by Crippen LogP contribution is -2.38. The molecule has 150 valence electrons. The van der Waals surface area contributed by atoms with Gasteiger partial charge in [-0.15, -0.1) is 0 Å². The fraction of sp³-hybridized carbons (Fsp3) is 0.500. The molecule has 0 bridgehead atoms. The molecule has 1 heterocycles. The highest BCUT2D eigenvalue weighted by molar-refractivity contribution is 5.92. The van der Waals surface area contributed by atoms with Gasteiger partial charge in [0.25, 0.3) is 5.91 Å². The number of esters is 1. The SMILES string of the molecule is Cc1cc(C)n(-c2ccc(C(=O)O[C@@H](C)C(=O)NCC3CCCCC3)cc2)n1. The molecule has 2 aromatic rings. The van der Waals surface area contributed by atoms with E-state index in [0.717, 1.165) is 29.9 Å². The number of amides is 1. The van der Waals surface area contributed by atoms with Crippen LogP contribution < -0.4 is 5.32 Å². The second-order valence-corrected chi connectivity index (χ2v) is 7.68. The predicted octanol–water partition coefficient (Wildman–Crippen LogP) is 3.73. The quantitative estimate of drug-likeness (QED) is 0.772. The zero-order valence-corrected chi connectivity index (χ0v) is 16.9. The molecule has 1 aromatic heterocycles. The van der Waals surface area contributed by atoms with Gasteiger partial charge in [0.2, 0.25) is 0 Å². The first-order chi connectivity index (χ1) is 13.4. The summed E-state index contributed by atoms with van der Waals surface area (Å²) in [6, 6.07) is 9.03. The Bertz CT molecular complexity index is 820. The normalized spacial score (nSPS) is 15.8. The summed E-state index contributed by atoms with van der Waals surface area (Å²) < 4.78 is 7.16. The minimum absolute atomic E-state index is 0.238. The van der Waals surface area contributed by atoms with Crippen LogP contribution in [0.4, 0.5) is 0 Å². The minimum Gasteiger partial charge on any atom is -0.449 e. The topological polar surface area (TPSA) is 73.2 Å². The summed E-state index contributed by atoms with van der Waals surface area (Å²) in [6.07, 6.45) is 5.27. The zero-order chi connectivity index (χ0) is 20.1. The lowest BCUT2D eigenvalue weighted by Gasteiger charge is -2.22. The van der Waals surface area contributed by atoms with Crippen LogP contribution in [0.2, 0.25) is 0 Å². The van der Waals surface area contributed by atoms with Crippen LogP contribution in [0.1, 0.15) is 60.8 Å². The van der Waals surface area contributed by atoms with E-state index in [9.17, 15) is 9.59 Å². The van der Waals surface area contributed by atoms with Crippen LogP contribution in [0.5, 0.6) is 0 Å². The van der Waals surface area contributed by atoms with Gasteiger partial charge in [-0.25, -0.2) is 9.48 Å². The van der Waals surface area contributed by atoms with Gasteiger partial charge in [0, 0.05) is 12.2 Å². The van der Waals surface area contributed by atoms with Gasteiger partial charge in [-0.3, -0.25) is 4.79 Å². The molecular formula is C22H29N3O3. The fourth-order valence-electron chi connectivity index (χ4n) is 3.69. The second-order valence-electron chi connectivity index (χ2n) is 7.68. The van der Waals surface area contributed by atoms with E-state index in [1.54, 1.807) is 19.1 Å². The molecule has 3 rings (SSSR count). The summed E-state index contributed by atoms with van der Waals surface area (Å²) >= 11 is 0. The van der Waals surface area contributed by atoms with Crippen LogP contribution in [0.25, 0.3) is 5.69 Å². The molecule has 1 aromatic carbocycles. The van der Waals surface area contributed by atoms with Crippen molar-refractivity contribution in [3.05, 3.63) is 47.3 Å². The molecule has 1 N–H and O–H groups in total. The maximum absolute atomic E-state index is 12.4. The van der Waals surface area contributed by atoms with Crippen molar-refractivity contribution in [2.75, 3.05) is 6.54 Å². The Kier molecular flexibility index (Phi) is 6.49. The second kappa shape index (κ2) is 9.04. The molecule has 6 nitrogen and oxygen atoms in total. The van der Waals surface area contributed by atoms with E-state index in [-0.39, 0.29) is 5.91 Å². The smallest absolute Gasteiger partial charge is 0.338 e. The Labute approximate surface area is 166 Å². The third-order valence-electron chi connectivity index (χ3n) is 5.30. The number of rotatable bonds is 6. The van der Waals surface area contributed by atoms with Crippen molar-refractivity contribution in [1.29, 1.82) is 0 Å². The number of aromatic nitrogens is 2. The van der Waals surface area contributed by atoms with E-state index in [2.05, 4.69) is 10.4 Å². The Morgan fingerprint density at radius 2 is 1.86 bits per heavy atom. The number of nitrogens with one attached hydrogen (secondary N) is 1. The first-order valence-corrected chi connectivity index (χ1v) is 10.1. The third kappa shape index (κ3) is 5.00. The highest BCUT2D eigenvalue weighted by Gasteiger charge is 2.21. The van der Waals surface area contributed by atoms with E-state index < -0.39 is 12.1 Å². The summed E-state index contributed by atoms with van der Waals surface area (Å²) in [5.41, 5.74) is 3.25. The number of hydrogen-bond acceptors (Lipinski definition) is 4. The highest BCUT2D eigenvalue weighted by Crippen LogP contribution is 2.22. The summed E-state index contributed by atoms with van der Waals surface area (Å²) in [5, 5.41) is 7.35. The Morgan fingerprint density at radius 3 is 2.46 bits per heavy atom. The van der Waals surface area contributed by atoms with Crippen LogP contribution in [0, 0.1) is 19.8 Å². The lowest BCUT2D eigenvalue weighted by molar-refractivity contribution is -0.129. The van der Waals surface area contributed by atoms with Gasteiger partial charge in [0.1, 0.15) is 0 Å². The molecule has 0 unspecified atom stereocenters. The molecule has 0 radical (unpaired) electrons. The van der Waals surface area contributed by atoms with Crippen molar-refractivity contribution >= 4 is 11.9 Å². The maximum atomic E-state index is 12.4. The van der Waals surface area contributed by atoms with Crippen molar-refractivity contribution in [3.63, 3.8) is 0 Å². The molecule has 6 heteroatoms. The summed E-state index contributed by atoms with van der Waals surface area (Å²) in [6.45, 7) is 6.20. The van der Waals surface area contributed by atoms with Gasteiger partial charge < -0.3 is 10.1 Å². The first kappa shape index (κ1) is 20.1. The van der Waals surface area contributed by atoms with Crippen LogP contribution in [0.15, 0.2) is 30.3 Å². The molecule has 1 saturated carbocycles. The molecule has 1 aliphatic carbocycles. The zero-order valence-electron chi connectivity index (χ0n) is 16.9. The molecule has 1 fully saturated rings. The number of ether oxygens (including phenoxy) is 1. The van der Waals surface area contributed by atoms with Gasteiger partial charge in [0.15, 0.2) is 6.10 Å². The van der Waals surface area contributed by atoms with Gasteiger partial charge in [-0.1, -0.05) is 19.3 Å². The Hall–Kier alpha value is -2.63. The molecule has 0 spiro atoms. The van der Waals surface area contributed by atoms with Crippen LogP contribution in [0.3, 0.4) is 0 Å². The number of hydrogen-bond donors (Lipinski definition) is 1. The Balaban J connectivity index is 1.53. The van der Waals surface area contributed by atoms with Gasteiger partial charge in [0.05, 0.1) is 16.9 Å². The third-order valence-corrected chi connectivity index (χ3v) is 5.30. The lowest BCUT2D eigenvalue weighted by atomic mass is 9.89. The summed E-state index contributed by atoms with van der Waals surface area (Å²) in [4.78, 5) is 24.6. The number of aryl methyl sites for hydroxylation is 2. The fourth-order valence-corrected chi connectivity index (χ4v) is 3.69.